The molecule has 0 radical (unpaired) electrons. The van der Waals surface area contributed by atoms with Crippen LogP contribution in [0.2, 0.25) is 0 Å². The molecule has 2 unspecified atom stereocenters. The Kier molecular flexibility index (Phi) is 43.4. The molecular weight excluding hydrogens is 1070 g/mol. The Balaban J connectivity index is -0.000000288. The van der Waals surface area contributed by atoms with E-state index in [-0.39, 0.29) is 162 Å². The number of ketones is 2. The van der Waals surface area contributed by atoms with Crippen molar-refractivity contribution in [3.05, 3.63) is 112 Å². The zero-order valence-electron chi connectivity index (χ0n) is 41.9. The number of halogens is 7. The van der Waals surface area contributed by atoms with Crippen LogP contribution in [0.15, 0.2) is 58.3 Å². The van der Waals surface area contributed by atoms with Crippen molar-refractivity contribution >= 4 is 57.9 Å². The molecular formula is C52H73ClF6Fe2N2O6S2. The van der Waals surface area contributed by atoms with E-state index in [9.17, 15) is 45.5 Å². The summed E-state index contributed by atoms with van der Waals surface area (Å²) in [5.74, 6) is -1.04. The van der Waals surface area contributed by atoms with Gasteiger partial charge in [0.15, 0.2) is 18.2 Å². The van der Waals surface area contributed by atoms with Gasteiger partial charge in [-0.2, -0.15) is 26.3 Å². The molecule has 0 aromatic heterocycles. The van der Waals surface area contributed by atoms with E-state index in [4.69, 9.17) is 34.6 Å². The quantitative estimate of drug-likeness (QED) is 0.0402. The van der Waals surface area contributed by atoms with Crippen molar-refractivity contribution < 1.29 is 89.5 Å². The minimum atomic E-state index is -4.39. The minimum Gasteiger partial charge on any atom is -0.457 e. The van der Waals surface area contributed by atoms with Crippen LogP contribution in [-0.4, -0.2) is 63.2 Å². The van der Waals surface area contributed by atoms with E-state index in [2.05, 4.69) is 9.69 Å². The van der Waals surface area contributed by atoms with Gasteiger partial charge >= 0.3 is 51.1 Å². The summed E-state index contributed by atoms with van der Waals surface area (Å²) < 4.78 is 78.8. The number of nitrogens with zero attached hydrogens (tertiary/aromatic N) is 2. The van der Waals surface area contributed by atoms with Gasteiger partial charge in [-0.3, -0.25) is 19.2 Å². The van der Waals surface area contributed by atoms with E-state index in [1.165, 1.54) is 139 Å². The van der Waals surface area contributed by atoms with Crippen molar-refractivity contribution in [3.63, 3.8) is 0 Å². The predicted molar refractivity (Wildman–Crippen MR) is 269 cm³/mol. The standard InChI is InChI=1S/C19H20F3NO3S.C13H12F3NO2S.C6H9ClO.2C5H10.4CH3.2Fe/c1-18(23-2,12-26-17(25)14-5-3-4-6-14)11-16(24)13-7-9-15(10-8-13)27-19(20,21)22;1-12(8-18,17-2)7-11(19)9-3-5-10(6-4-9)20-13(14,15)16;7-6(8)5-3-1-2-4-5;2*1-2-4-5-3-1;;;;;;/h7-10,14H,3-6,11-12H2,1H3;3-6,18H,7-8H2,1H3;5H,1-4H2;2*1-5H2;4*1H3;;/q;;;;;4*-1;2*+2. The zero-order valence-corrected chi connectivity index (χ0v) is 46.5. The van der Waals surface area contributed by atoms with E-state index in [1.807, 2.05) is 0 Å². The summed E-state index contributed by atoms with van der Waals surface area (Å²) in [4.78, 5) is 53.3. The number of aliphatic hydroxyl groups excluding tert-OH is 1. The molecule has 4 saturated carbocycles. The summed E-state index contributed by atoms with van der Waals surface area (Å²) in [5.41, 5.74) is -10.7. The molecule has 0 heterocycles. The number of carbonyl (C=O) groups excluding carboxylic acids is 4. The summed E-state index contributed by atoms with van der Waals surface area (Å²) in [5, 5.41) is 8.92. The number of ether oxygens (including phenoxy) is 1. The van der Waals surface area contributed by atoms with E-state index < -0.39 is 28.7 Å². The second kappa shape index (κ2) is 39.9. The smallest absolute Gasteiger partial charge is 0.457 e. The molecule has 0 saturated heterocycles. The third kappa shape index (κ3) is 33.8. The molecule has 1 N–H and O–H groups in total. The van der Waals surface area contributed by atoms with Crippen molar-refractivity contribution in [2.75, 3.05) is 13.2 Å². The van der Waals surface area contributed by atoms with Gasteiger partial charge in [-0.25, -0.2) is 13.1 Å². The fourth-order valence-electron chi connectivity index (χ4n) is 7.26. The first-order chi connectivity index (χ1) is 30.6. The minimum absolute atomic E-state index is 0. The van der Waals surface area contributed by atoms with Gasteiger partial charge in [-0.1, -0.05) is 114 Å². The first kappa shape index (κ1) is 77.4. The Morgan fingerprint density at radius 3 is 1.13 bits per heavy atom. The predicted octanol–water partition coefficient (Wildman–Crippen LogP) is 16.5. The third-order valence-electron chi connectivity index (χ3n) is 11.2. The Labute approximate surface area is 456 Å². The molecule has 0 spiro atoms. The van der Waals surface area contributed by atoms with Crippen LogP contribution in [0.4, 0.5) is 26.3 Å². The molecule has 8 nitrogen and oxygen atoms in total. The van der Waals surface area contributed by atoms with Crippen molar-refractivity contribution in [2.45, 2.75) is 174 Å². The SMILES string of the molecule is C1CCCC1.C1CCCC1.O=C(Cl)C1CCCC1.[C-]#[N+]C(C)(CO)CC(=O)c1ccc(SC(F)(F)F)cc1.[C-]#[N+]C(C)(COC(=O)C1CCCC1)CC(=O)c1ccc(SC(F)(F)F)cc1.[CH3-].[CH3-].[CH3-].[CH3-].[Fe+2].[Fe+2]. The molecule has 19 heteroatoms. The monoisotopic (exact) mass is 1150 g/mol. The van der Waals surface area contributed by atoms with Crippen LogP contribution >= 0.6 is 35.1 Å². The maximum Gasteiger partial charge on any atom is 2.00 e. The Morgan fingerprint density at radius 1 is 0.577 bits per heavy atom. The van der Waals surface area contributed by atoms with Gasteiger partial charge < -0.3 is 49.2 Å². The fraction of sp³-hybridized carbons (Fsp3) is 0.577. The third-order valence-corrected chi connectivity index (χ3v) is 13.0. The topological polar surface area (TPSA) is 106 Å². The second-order valence-corrected chi connectivity index (χ2v) is 19.8. The van der Waals surface area contributed by atoms with Gasteiger partial charge in [-0.15, -0.1) is 0 Å². The first-order valence-electron chi connectivity index (χ1n) is 22.1. The normalized spacial score (nSPS) is 16.4. The van der Waals surface area contributed by atoms with Crippen LogP contribution in [0.25, 0.3) is 9.69 Å². The second-order valence-electron chi connectivity index (χ2n) is 17.1. The van der Waals surface area contributed by atoms with Crippen LogP contribution in [0.1, 0.15) is 163 Å². The summed E-state index contributed by atoms with van der Waals surface area (Å²) in [6, 6.07) is 10.1. The Hall–Kier alpha value is -2.53. The number of Topliss-reactive ketones (excluding diaryl/α,β-unsaturated/α-hetero) is 2. The molecule has 4 aliphatic rings. The molecule has 0 bridgehead atoms. The van der Waals surface area contributed by atoms with Crippen molar-refractivity contribution in [1.82, 2.24) is 0 Å². The number of benzene rings is 2. The number of hydrogen-bond donors (Lipinski definition) is 1. The van der Waals surface area contributed by atoms with E-state index in [1.54, 1.807) is 0 Å². The molecule has 6 rings (SSSR count). The van der Waals surface area contributed by atoms with E-state index >= 15 is 0 Å². The molecule has 2 aromatic rings. The molecule has 71 heavy (non-hydrogen) atoms. The van der Waals surface area contributed by atoms with E-state index in [0.717, 1.165) is 38.5 Å². The Morgan fingerprint density at radius 2 is 0.873 bits per heavy atom. The van der Waals surface area contributed by atoms with Crippen LogP contribution in [0, 0.1) is 54.7 Å². The average Bonchev–Trinajstić information content (AvgIpc) is 4.12. The number of alkyl halides is 6. The number of carbonyl (C=O) groups is 4. The van der Waals surface area contributed by atoms with Gasteiger partial charge in [0.25, 0.3) is 11.1 Å². The molecule has 0 aliphatic heterocycles. The average molecular weight is 1150 g/mol. The van der Waals surface area contributed by atoms with Crippen LogP contribution < -0.4 is 0 Å². The first-order valence-corrected chi connectivity index (χ1v) is 24.1. The number of hydrogen-bond acceptors (Lipinski definition) is 8. The molecule has 0 amide bonds. The fourth-order valence-corrected chi connectivity index (χ4v) is 8.56. The molecule has 4 fully saturated rings. The number of thioether (sulfide) groups is 2. The number of aliphatic hydroxyl groups is 1. The molecule has 404 valence electrons. The van der Waals surface area contributed by atoms with Gasteiger partial charge in [0.2, 0.25) is 5.24 Å². The zero-order chi connectivity index (χ0) is 48.5. The summed E-state index contributed by atoms with van der Waals surface area (Å²) in [7, 11) is 0. The van der Waals surface area contributed by atoms with Gasteiger partial charge in [0.05, 0.1) is 18.8 Å². The maximum atomic E-state index is 12.4. The summed E-state index contributed by atoms with van der Waals surface area (Å²) in [6.45, 7) is 16.6. The number of esters is 1. The van der Waals surface area contributed by atoms with E-state index in [0.29, 0.717) is 0 Å². The molecule has 2 aromatic carbocycles. The van der Waals surface area contributed by atoms with Crippen LogP contribution in [-0.2, 0) is 48.5 Å². The number of rotatable bonds is 13. The molecule has 2 atom stereocenters. The Bertz CT molecular complexity index is 1840. The largest absolute Gasteiger partial charge is 2.00 e. The van der Waals surface area contributed by atoms with Crippen molar-refractivity contribution in [1.29, 1.82) is 0 Å². The van der Waals surface area contributed by atoms with Crippen molar-refractivity contribution in [3.8, 4) is 0 Å². The van der Waals surface area contributed by atoms with Gasteiger partial charge in [-0.05, 0) is 85.1 Å². The van der Waals surface area contributed by atoms with Crippen molar-refractivity contribution in [2.24, 2.45) is 11.8 Å². The summed E-state index contributed by atoms with van der Waals surface area (Å²) >= 11 is 4.73. The maximum absolute atomic E-state index is 12.4. The van der Waals surface area contributed by atoms with Crippen LogP contribution in [0.3, 0.4) is 0 Å². The summed E-state index contributed by atoms with van der Waals surface area (Å²) in [6.07, 6.45) is 22.6. The van der Waals surface area contributed by atoms with Gasteiger partial charge in [0.1, 0.15) is 6.61 Å². The molecule has 4 aliphatic carbocycles. The van der Waals surface area contributed by atoms with Crippen LogP contribution in [0.5, 0.6) is 0 Å². The van der Waals surface area contributed by atoms with Gasteiger partial charge in [0, 0.05) is 40.7 Å².